The van der Waals surface area contributed by atoms with Crippen LogP contribution < -0.4 is 9.64 Å². The lowest BCUT2D eigenvalue weighted by molar-refractivity contribution is -0.137. The summed E-state index contributed by atoms with van der Waals surface area (Å²) in [7, 11) is 6.72. The molecule has 0 radical (unpaired) electrons. The van der Waals surface area contributed by atoms with Gasteiger partial charge in [0, 0.05) is 33.4 Å². The number of aromatic nitrogens is 2. The van der Waals surface area contributed by atoms with E-state index in [1.807, 2.05) is 43.3 Å². The smallest absolute Gasteiger partial charge is 0.416 e. The average Bonchev–Trinajstić information content (AvgIpc) is 3.27. The number of methoxy groups -OCH3 is 1. The van der Waals surface area contributed by atoms with Crippen LogP contribution in [0.25, 0.3) is 5.69 Å². The summed E-state index contributed by atoms with van der Waals surface area (Å²) in [6.45, 7) is -0.220. The number of alkyl halides is 3. The number of hydrogen-bond donors (Lipinski definition) is 0. The Morgan fingerprint density at radius 1 is 1.06 bits per heavy atom. The maximum atomic E-state index is 13.0. The van der Waals surface area contributed by atoms with Crippen molar-refractivity contribution in [1.29, 1.82) is 0 Å². The van der Waals surface area contributed by atoms with Crippen LogP contribution in [0.1, 0.15) is 21.6 Å². The van der Waals surface area contributed by atoms with Crippen molar-refractivity contribution < 1.29 is 32.2 Å². The molecule has 186 valence electrons. The van der Waals surface area contributed by atoms with Gasteiger partial charge in [-0.1, -0.05) is 18.2 Å². The van der Waals surface area contributed by atoms with Gasteiger partial charge in [0.15, 0.2) is 12.4 Å². The molecule has 0 N–H and O–H groups in total. The molecule has 0 atom stereocenters. The first-order valence-corrected chi connectivity index (χ1v) is 10.5. The molecule has 0 unspecified atom stereocenters. The molecular weight excluding hydrogens is 465 g/mol. The molecule has 1 heterocycles. The lowest BCUT2D eigenvalue weighted by Crippen LogP contribution is -2.31. The third-order valence-electron chi connectivity index (χ3n) is 5.16. The molecule has 35 heavy (non-hydrogen) atoms. The Labute approximate surface area is 200 Å². The van der Waals surface area contributed by atoms with Gasteiger partial charge in [-0.3, -0.25) is 4.79 Å². The van der Waals surface area contributed by atoms with E-state index >= 15 is 0 Å². The topological polar surface area (TPSA) is 76.9 Å². The minimum absolute atomic E-state index is 0.00537. The van der Waals surface area contributed by atoms with E-state index in [0.717, 1.165) is 28.1 Å². The summed E-state index contributed by atoms with van der Waals surface area (Å²) < 4.78 is 50.4. The molecule has 0 fully saturated rings. The molecule has 8 nitrogen and oxygen atoms in total. The van der Waals surface area contributed by atoms with Crippen molar-refractivity contribution in [3.05, 3.63) is 71.5 Å². The third-order valence-corrected chi connectivity index (χ3v) is 5.16. The Balaban J connectivity index is 1.65. The van der Waals surface area contributed by atoms with Gasteiger partial charge >= 0.3 is 12.1 Å². The molecule has 0 saturated carbocycles. The summed E-state index contributed by atoms with van der Waals surface area (Å²) in [5, 5.41) is 4.01. The first-order chi connectivity index (χ1) is 16.5. The number of anilines is 1. The molecule has 0 saturated heterocycles. The van der Waals surface area contributed by atoms with Crippen LogP contribution >= 0.6 is 0 Å². The maximum absolute atomic E-state index is 13.0. The number of rotatable bonds is 8. The van der Waals surface area contributed by atoms with Crippen molar-refractivity contribution in [3.63, 3.8) is 0 Å². The van der Waals surface area contributed by atoms with E-state index in [2.05, 4.69) is 5.10 Å². The lowest BCUT2D eigenvalue weighted by atomic mass is 10.2. The van der Waals surface area contributed by atoms with E-state index in [0.29, 0.717) is 6.54 Å². The van der Waals surface area contributed by atoms with Crippen LogP contribution in [0.4, 0.5) is 18.9 Å². The van der Waals surface area contributed by atoms with E-state index < -0.39 is 30.2 Å². The van der Waals surface area contributed by atoms with Gasteiger partial charge in [0.2, 0.25) is 5.69 Å². The number of likely N-dealkylation sites (N-methyl/N-ethyl adjacent to an activating group) is 1. The largest absolute Gasteiger partial charge is 0.493 e. The van der Waals surface area contributed by atoms with Gasteiger partial charge < -0.3 is 19.3 Å². The van der Waals surface area contributed by atoms with Gasteiger partial charge in [-0.2, -0.15) is 18.3 Å². The van der Waals surface area contributed by atoms with Gasteiger partial charge in [0.25, 0.3) is 5.91 Å². The van der Waals surface area contributed by atoms with Crippen molar-refractivity contribution in [2.24, 2.45) is 0 Å². The minimum Gasteiger partial charge on any atom is -0.493 e. The van der Waals surface area contributed by atoms with Gasteiger partial charge in [-0.25, -0.2) is 9.48 Å². The molecule has 0 aliphatic rings. The molecule has 1 amide bonds. The van der Waals surface area contributed by atoms with Crippen LogP contribution in [0.15, 0.2) is 54.7 Å². The standard InChI is InChI=1S/C24H25F3N4O4/c1-29(2)18-10-8-16(9-11-18)13-30(3)21(32)15-35-23(33)22-20(34-4)14-31(28-22)19-7-5-6-17(12-19)24(25,26)27/h5-12,14H,13,15H2,1-4H3. The van der Waals surface area contributed by atoms with Crippen molar-refractivity contribution in [1.82, 2.24) is 14.7 Å². The summed E-state index contributed by atoms with van der Waals surface area (Å²) in [6, 6.07) is 12.1. The summed E-state index contributed by atoms with van der Waals surface area (Å²) in [4.78, 5) is 28.4. The number of carbonyl (C=O) groups is 2. The fourth-order valence-corrected chi connectivity index (χ4v) is 3.17. The number of benzene rings is 2. The number of esters is 1. The number of hydrogen-bond acceptors (Lipinski definition) is 6. The molecule has 0 aliphatic heterocycles. The maximum Gasteiger partial charge on any atom is 0.416 e. The highest BCUT2D eigenvalue weighted by Gasteiger charge is 2.31. The molecule has 0 spiro atoms. The second-order valence-corrected chi connectivity index (χ2v) is 7.93. The number of halogens is 3. The van der Waals surface area contributed by atoms with Crippen molar-refractivity contribution >= 4 is 17.6 Å². The van der Waals surface area contributed by atoms with Crippen LogP contribution in [-0.4, -0.2) is 61.4 Å². The second-order valence-electron chi connectivity index (χ2n) is 7.93. The van der Waals surface area contributed by atoms with Gasteiger partial charge in [0.05, 0.1) is 24.6 Å². The predicted octanol–water partition coefficient (Wildman–Crippen LogP) is 3.78. The number of carbonyl (C=O) groups excluding carboxylic acids is 2. The minimum atomic E-state index is -4.53. The Hall–Kier alpha value is -4.02. The van der Waals surface area contributed by atoms with Crippen LogP contribution in [0.3, 0.4) is 0 Å². The summed E-state index contributed by atoms with van der Waals surface area (Å²) >= 11 is 0. The number of amides is 1. The molecular formula is C24H25F3N4O4. The molecule has 2 aromatic carbocycles. The van der Waals surface area contributed by atoms with Gasteiger partial charge in [0.1, 0.15) is 0 Å². The number of ether oxygens (including phenoxy) is 2. The molecule has 3 aromatic rings. The van der Waals surface area contributed by atoms with Crippen LogP contribution in [0.5, 0.6) is 5.75 Å². The zero-order valence-corrected chi connectivity index (χ0v) is 19.7. The van der Waals surface area contributed by atoms with E-state index in [-0.39, 0.29) is 17.1 Å². The third kappa shape index (κ3) is 6.31. The SMILES string of the molecule is COc1cn(-c2cccc(C(F)(F)F)c2)nc1C(=O)OCC(=O)N(C)Cc1ccc(N(C)C)cc1. The van der Waals surface area contributed by atoms with Crippen molar-refractivity contribution in [3.8, 4) is 11.4 Å². The Morgan fingerprint density at radius 3 is 2.34 bits per heavy atom. The highest BCUT2D eigenvalue weighted by molar-refractivity contribution is 5.92. The highest BCUT2D eigenvalue weighted by atomic mass is 19.4. The predicted molar refractivity (Wildman–Crippen MR) is 123 cm³/mol. The number of nitrogens with zero attached hydrogens (tertiary/aromatic N) is 4. The van der Waals surface area contributed by atoms with E-state index in [1.165, 1.54) is 30.3 Å². The summed E-state index contributed by atoms with van der Waals surface area (Å²) in [6.07, 6.45) is -3.27. The normalized spacial score (nSPS) is 11.2. The van der Waals surface area contributed by atoms with E-state index in [4.69, 9.17) is 9.47 Å². The first kappa shape index (κ1) is 25.6. The van der Waals surface area contributed by atoms with E-state index in [9.17, 15) is 22.8 Å². The van der Waals surface area contributed by atoms with E-state index in [1.54, 1.807) is 7.05 Å². The van der Waals surface area contributed by atoms with Crippen LogP contribution in [0, 0.1) is 0 Å². The monoisotopic (exact) mass is 490 g/mol. The average molecular weight is 490 g/mol. The zero-order valence-electron chi connectivity index (χ0n) is 19.7. The summed E-state index contributed by atoms with van der Waals surface area (Å²) in [5.41, 5.74) is 0.876. The Kier molecular flexibility index (Phi) is 7.68. The molecule has 11 heteroatoms. The fraction of sp³-hybridized carbons (Fsp3) is 0.292. The lowest BCUT2D eigenvalue weighted by Gasteiger charge is -2.18. The quantitative estimate of drug-likeness (QED) is 0.448. The molecule has 0 bridgehead atoms. The highest BCUT2D eigenvalue weighted by Crippen LogP contribution is 2.31. The molecule has 0 aliphatic carbocycles. The van der Waals surface area contributed by atoms with Crippen molar-refractivity contribution in [2.75, 3.05) is 39.8 Å². The molecule has 3 rings (SSSR count). The van der Waals surface area contributed by atoms with Crippen LogP contribution in [-0.2, 0) is 22.3 Å². The molecule has 1 aromatic heterocycles. The van der Waals surface area contributed by atoms with Crippen LogP contribution in [0.2, 0.25) is 0 Å². The van der Waals surface area contributed by atoms with Gasteiger partial charge in [-0.15, -0.1) is 0 Å². The summed E-state index contributed by atoms with van der Waals surface area (Å²) in [5.74, 6) is -1.38. The first-order valence-electron chi connectivity index (χ1n) is 10.5. The second kappa shape index (κ2) is 10.5. The Morgan fingerprint density at radius 2 is 1.74 bits per heavy atom. The fourth-order valence-electron chi connectivity index (χ4n) is 3.17. The van der Waals surface area contributed by atoms with Gasteiger partial charge in [-0.05, 0) is 35.9 Å². The Bertz CT molecular complexity index is 1190. The van der Waals surface area contributed by atoms with Crippen molar-refractivity contribution in [2.45, 2.75) is 12.7 Å². The zero-order chi connectivity index (χ0) is 25.8.